The number of hydrogen-bond acceptors (Lipinski definition) is 5. The summed E-state index contributed by atoms with van der Waals surface area (Å²) in [5.41, 5.74) is 1.02. The summed E-state index contributed by atoms with van der Waals surface area (Å²) < 4.78 is 29.8. The van der Waals surface area contributed by atoms with Gasteiger partial charge in [0.15, 0.2) is 5.03 Å². The SMILES string of the molecule is COc1ccc(CCNC(=O)[C@@H](C)S(=O)(=O)c2ccccn2)cc1. The van der Waals surface area contributed by atoms with Gasteiger partial charge in [0.1, 0.15) is 11.0 Å². The number of rotatable bonds is 7. The van der Waals surface area contributed by atoms with Crippen LogP contribution in [0.25, 0.3) is 0 Å². The fourth-order valence-electron chi connectivity index (χ4n) is 2.10. The van der Waals surface area contributed by atoms with Crippen molar-refractivity contribution in [3.8, 4) is 5.75 Å². The number of hydrogen-bond donors (Lipinski definition) is 1. The highest BCUT2D eigenvalue weighted by Gasteiger charge is 2.30. The highest BCUT2D eigenvalue weighted by Crippen LogP contribution is 2.13. The van der Waals surface area contributed by atoms with E-state index in [1.165, 1.54) is 19.2 Å². The van der Waals surface area contributed by atoms with E-state index in [-0.39, 0.29) is 5.03 Å². The van der Waals surface area contributed by atoms with Crippen LogP contribution < -0.4 is 10.1 Å². The minimum Gasteiger partial charge on any atom is -0.497 e. The molecular formula is C17H20N2O4S. The Bertz CT molecular complexity index is 774. The zero-order valence-corrected chi connectivity index (χ0v) is 14.4. The van der Waals surface area contributed by atoms with E-state index in [1.807, 2.05) is 24.3 Å². The van der Waals surface area contributed by atoms with Crippen molar-refractivity contribution >= 4 is 15.7 Å². The van der Waals surface area contributed by atoms with E-state index in [0.29, 0.717) is 13.0 Å². The Labute approximate surface area is 141 Å². The summed E-state index contributed by atoms with van der Waals surface area (Å²) in [4.78, 5) is 15.9. The summed E-state index contributed by atoms with van der Waals surface area (Å²) in [7, 11) is -2.19. The van der Waals surface area contributed by atoms with Gasteiger partial charge < -0.3 is 10.1 Å². The van der Waals surface area contributed by atoms with Gasteiger partial charge in [-0.05, 0) is 43.2 Å². The average Bonchev–Trinajstić information content (AvgIpc) is 2.62. The summed E-state index contributed by atoms with van der Waals surface area (Å²) >= 11 is 0. The minimum atomic E-state index is -3.78. The number of sulfone groups is 1. The molecule has 0 bridgehead atoms. The number of methoxy groups -OCH3 is 1. The first kappa shape index (κ1) is 17.9. The van der Waals surface area contributed by atoms with Crippen LogP contribution in [0.15, 0.2) is 53.7 Å². The molecule has 2 rings (SSSR count). The average molecular weight is 348 g/mol. The van der Waals surface area contributed by atoms with Crippen molar-refractivity contribution in [1.82, 2.24) is 10.3 Å². The first-order valence-electron chi connectivity index (χ1n) is 7.50. The van der Waals surface area contributed by atoms with Crippen LogP contribution in [0, 0.1) is 0 Å². The Kier molecular flexibility index (Phi) is 5.92. The Morgan fingerprint density at radius 3 is 2.50 bits per heavy atom. The van der Waals surface area contributed by atoms with E-state index in [2.05, 4.69) is 10.3 Å². The third-order valence-electron chi connectivity index (χ3n) is 3.64. The van der Waals surface area contributed by atoms with E-state index >= 15 is 0 Å². The molecule has 1 aromatic heterocycles. The van der Waals surface area contributed by atoms with Crippen LogP contribution in [0.5, 0.6) is 5.75 Å². The maximum absolute atomic E-state index is 12.3. The number of nitrogens with one attached hydrogen (secondary N) is 1. The van der Waals surface area contributed by atoms with E-state index in [9.17, 15) is 13.2 Å². The number of nitrogens with zero attached hydrogens (tertiary/aromatic N) is 1. The lowest BCUT2D eigenvalue weighted by molar-refractivity contribution is -0.120. The van der Waals surface area contributed by atoms with Crippen molar-refractivity contribution < 1.29 is 17.9 Å². The zero-order valence-electron chi connectivity index (χ0n) is 13.6. The van der Waals surface area contributed by atoms with Gasteiger partial charge in [-0.2, -0.15) is 0 Å². The number of carbonyl (C=O) groups is 1. The highest BCUT2D eigenvalue weighted by atomic mass is 32.2. The van der Waals surface area contributed by atoms with E-state index in [1.54, 1.807) is 19.2 Å². The molecule has 0 unspecified atom stereocenters. The third kappa shape index (κ3) is 4.32. The number of aromatic nitrogens is 1. The lowest BCUT2D eigenvalue weighted by Crippen LogP contribution is -2.39. The molecule has 1 heterocycles. The highest BCUT2D eigenvalue weighted by molar-refractivity contribution is 7.92. The molecule has 0 aliphatic rings. The van der Waals surface area contributed by atoms with Crippen molar-refractivity contribution in [2.24, 2.45) is 0 Å². The van der Waals surface area contributed by atoms with Crippen LogP contribution in [-0.4, -0.2) is 38.2 Å². The molecule has 0 aliphatic heterocycles. The monoisotopic (exact) mass is 348 g/mol. The standard InChI is InChI=1S/C17H20N2O4S/c1-13(24(21,22)16-5-3-4-11-18-16)17(20)19-12-10-14-6-8-15(23-2)9-7-14/h3-9,11,13H,10,12H2,1-2H3,(H,19,20)/t13-/m1/s1. The molecular weight excluding hydrogens is 328 g/mol. The number of carbonyl (C=O) groups excluding carboxylic acids is 1. The van der Waals surface area contributed by atoms with Crippen molar-refractivity contribution in [2.45, 2.75) is 23.6 Å². The number of pyridine rings is 1. The molecule has 1 amide bonds. The summed E-state index contributed by atoms with van der Waals surface area (Å²) in [5.74, 6) is 0.229. The van der Waals surface area contributed by atoms with Gasteiger partial charge in [-0.3, -0.25) is 4.79 Å². The summed E-state index contributed by atoms with van der Waals surface area (Å²) in [6.45, 7) is 1.72. The fourth-order valence-corrected chi connectivity index (χ4v) is 3.31. The van der Waals surface area contributed by atoms with Gasteiger partial charge in [0, 0.05) is 12.7 Å². The van der Waals surface area contributed by atoms with Gasteiger partial charge in [-0.1, -0.05) is 18.2 Å². The molecule has 1 N–H and O–H groups in total. The van der Waals surface area contributed by atoms with Crippen molar-refractivity contribution in [1.29, 1.82) is 0 Å². The Morgan fingerprint density at radius 2 is 1.92 bits per heavy atom. The van der Waals surface area contributed by atoms with Gasteiger partial charge >= 0.3 is 0 Å². The molecule has 0 fully saturated rings. The number of amides is 1. The van der Waals surface area contributed by atoms with Crippen molar-refractivity contribution in [3.05, 3.63) is 54.2 Å². The molecule has 0 aliphatic carbocycles. The molecule has 6 nitrogen and oxygen atoms in total. The first-order chi connectivity index (χ1) is 11.4. The van der Waals surface area contributed by atoms with E-state index in [0.717, 1.165) is 11.3 Å². The quantitative estimate of drug-likeness (QED) is 0.822. The largest absolute Gasteiger partial charge is 0.497 e. The molecule has 128 valence electrons. The third-order valence-corrected chi connectivity index (χ3v) is 5.61. The predicted molar refractivity (Wildman–Crippen MR) is 90.6 cm³/mol. The summed E-state index contributed by atoms with van der Waals surface area (Å²) in [6.07, 6.45) is 1.99. The Morgan fingerprint density at radius 1 is 1.21 bits per heavy atom. The molecule has 24 heavy (non-hydrogen) atoms. The Hall–Kier alpha value is -2.41. The fraction of sp³-hybridized carbons (Fsp3) is 0.294. The van der Waals surface area contributed by atoms with Crippen LogP contribution in [0.1, 0.15) is 12.5 Å². The predicted octanol–water partition coefficient (Wildman–Crippen LogP) is 1.61. The van der Waals surface area contributed by atoms with Gasteiger partial charge in [0.05, 0.1) is 7.11 Å². The van der Waals surface area contributed by atoms with Crippen LogP contribution >= 0.6 is 0 Å². The number of benzene rings is 1. The molecule has 0 spiro atoms. The molecule has 2 aromatic rings. The van der Waals surface area contributed by atoms with Crippen molar-refractivity contribution in [3.63, 3.8) is 0 Å². The second-order valence-electron chi connectivity index (χ2n) is 5.24. The smallest absolute Gasteiger partial charge is 0.238 e. The van der Waals surface area contributed by atoms with Crippen molar-refractivity contribution in [2.75, 3.05) is 13.7 Å². The summed E-state index contributed by atoms with van der Waals surface area (Å²) in [5, 5.41) is 1.37. The van der Waals surface area contributed by atoms with Crippen LogP contribution in [-0.2, 0) is 21.1 Å². The van der Waals surface area contributed by atoms with Gasteiger partial charge in [0.2, 0.25) is 15.7 Å². The molecule has 7 heteroatoms. The molecule has 0 saturated heterocycles. The maximum atomic E-state index is 12.3. The van der Waals surface area contributed by atoms with E-state index < -0.39 is 21.0 Å². The van der Waals surface area contributed by atoms with Crippen LogP contribution in [0.2, 0.25) is 0 Å². The minimum absolute atomic E-state index is 0.0946. The molecule has 1 aromatic carbocycles. The Balaban J connectivity index is 1.92. The molecule has 0 saturated carbocycles. The van der Waals surface area contributed by atoms with Gasteiger partial charge in [-0.15, -0.1) is 0 Å². The topological polar surface area (TPSA) is 85.4 Å². The molecule has 0 radical (unpaired) electrons. The maximum Gasteiger partial charge on any atom is 0.238 e. The van der Waals surface area contributed by atoms with Crippen LogP contribution in [0.4, 0.5) is 0 Å². The second kappa shape index (κ2) is 7.92. The van der Waals surface area contributed by atoms with E-state index in [4.69, 9.17) is 4.74 Å². The lowest BCUT2D eigenvalue weighted by atomic mass is 10.1. The van der Waals surface area contributed by atoms with Gasteiger partial charge in [0.25, 0.3) is 0 Å². The number of ether oxygens (including phenoxy) is 1. The molecule has 1 atom stereocenters. The zero-order chi connectivity index (χ0) is 17.6. The van der Waals surface area contributed by atoms with Crippen LogP contribution in [0.3, 0.4) is 0 Å². The lowest BCUT2D eigenvalue weighted by Gasteiger charge is -2.13. The summed E-state index contributed by atoms with van der Waals surface area (Å²) in [6, 6.07) is 12.1. The van der Waals surface area contributed by atoms with Gasteiger partial charge in [-0.25, -0.2) is 13.4 Å². The normalized spacial score (nSPS) is 12.4. The second-order valence-corrected chi connectivity index (χ2v) is 7.46. The first-order valence-corrected chi connectivity index (χ1v) is 9.05.